The van der Waals surface area contributed by atoms with Crippen LogP contribution in [0.3, 0.4) is 0 Å². The first-order chi connectivity index (χ1) is 22.8. The first-order valence-corrected chi connectivity index (χ1v) is 16.6. The molecular weight excluding hydrogens is 639 g/mol. The van der Waals surface area contributed by atoms with Crippen LogP contribution in [0.4, 0.5) is 18.9 Å². The van der Waals surface area contributed by atoms with Crippen molar-refractivity contribution in [3.8, 4) is 11.8 Å². The van der Waals surface area contributed by atoms with Crippen molar-refractivity contribution in [2.45, 2.75) is 90.3 Å². The van der Waals surface area contributed by atoms with Gasteiger partial charge in [0.2, 0.25) is 0 Å². The highest BCUT2D eigenvalue weighted by molar-refractivity contribution is 7.80. The molecule has 8 nitrogen and oxygen atoms in total. The fourth-order valence-electron chi connectivity index (χ4n) is 6.43. The lowest BCUT2D eigenvalue weighted by atomic mass is 9.77. The number of aryl methyl sites for hydroxylation is 1. The number of allylic oxidation sites excluding steroid dienone is 1. The Labute approximate surface area is 284 Å². The lowest BCUT2D eigenvalue weighted by Crippen LogP contribution is -2.61. The normalized spacial score (nSPS) is 18.0. The number of alkyl halides is 3. The first kappa shape index (κ1) is 36.5. The van der Waals surface area contributed by atoms with Gasteiger partial charge in [0.1, 0.15) is 17.1 Å². The summed E-state index contributed by atoms with van der Waals surface area (Å²) < 4.78 is 46.6. The van der Waals surface area contributed by atoms with Crippen molar-refractivity contribution in [3.63, 3.8) is 0 Å². The number of unbranched alkanes of at least 4 members (excludes halogenated alkanes) is 1. The van der Waals surface area contributed by atoms with Crippen molar-refractivity contribution in [2.75, 3.05) is 11.5 Å². The highest BCUT2D eigenvalue weighted by Crippen LogP contribution is 2.46. The summed E-state index contributed by atoms with van der Waals surface area (Å²) in [6, 6.07) is 10.5. The molecule has 0 bridgehead atoms. The van der Waals surface area contributed by atoms with E-state index in [4.69, 9.17) is 27.6 Å². The number of hydrogen-bond acceptors (Lipinski definition) is 7. The zero-order valence-electron chi connectivity index (χ0n) is 27.4. The average molecular weight is 680 g/mol. The number of Topliss-reactive ketones (excluding diaryl/α,β-unsaturated/α-hetero) is 1. The van der Waals surface area contributed by atoms with Crippen LogP contribution in [0.1, 0.15) is 94.4 Å². The van der Waals surface area contributed by atoms with Crippen LogP contribution in [0, 0.1) is 22.7 Å². The highest BCUT2D eigenvalue weighted by Gasteiger charge is 2.52. The minimum atomic E-state index is -4.67. The lowest BCUT2D eigenvalue weighted by Gasteiger charge is -2.48. The maximum absolute atomic E-state index is 13.9. The number of piperidine rings is 1. The third-order valence-corrected chi connectivity index (χ3v) is 9.28. The third-order valence-electron chi connectivity index (χ3n) is 8.76. The van der Waals surface area contributed by atoms with Crippen molar-refractivity contribution in [1.29, 1.82) is 10.7 Å². The molecule has 2 aliphatic rings. The number of nitrogens with one attached hydrogen (secondary N) is 2. The number of carbonyl (C=O) groups excluding carboxylic acids is 2. The molecular formula is C36H40F3N5O3S. The van der Waals surface area contributed by atoms with Crippen LogP contribution in [0.5, 0.6) is 5.75 Å². The van der Waals surface area contributed by atoms with Crippen LogP contribution in [0.2, 0.25) is 0 Å². The van der Waals surface area contributed by atoms with E-state index < -0.39 is 34.7 Å². The number of halogens is 3. The molecule has 48 heavy (non-hydrogen) atoms. The zero-order chi connectivity index (χ0) is 35.1. The molecule has 2 N–H and O–H groups in total. The fourth-order valence-corrected chi connectivity index (χ4v) is 6.91. The van der Waals surface area contributed by atoms with E-state index in [-0.39, 0.29) is 24.5 Å². The van der Waals surface area contributed by atoms with Gasteiger partial charge in [-0.15, -0.1) is 0 Å². The van der Waals surface area contributed by atoms with E-state index >= 15 is 0 Å². The minimum absolute atomic E-state index is 0.0254. The van der Waals surface area contributed by atoms with Gasteiger partial charge in [0.05, 0.1) is 34.4 Å². The number of amides is 1. The Morgan fingerprint density at radius 3 is 2.60 bits per heavy atom. The number of rotatable bonds is 11. The van der Waals surface area contributed by atoms with Gasteiger partial charge in [0.15, 0.2) is 5.78 Å². The summed E-state index contributed by atoms with van der Waals surface area (Å²) in [4.78, 5) is 33.3. The SMILES string of the molecule is CCCC=N/C(C)=C/C(=O)NC(=N)c1cc(N2C(=S)C(CCc3ccc(C#N)c(C(F)(F)F)c3)CC(=O)C23CCCC3)ccc1OCC. The van der Waals surface area contributed by atoms with Gasteiger partial charge >= 0.3 is 6.18 Å². The second kappa shape index (κ2) is 15.7. The number of nitrogens with zero attached hydrogens (tertiary/aromatic N) is 3. The molecule has 1 aliphatic heterocycles. The minimum Gasteiger partial charge on any atom is -0.493 e. The first-order valence-electron chi connectivity index (χ1n) is 16.2. The Balaban J connectivity index is 1.65. The lowest BCUT2D eigenvalue weighted by molar-refractivity contribution is -0.137. The summed E-state index contributed by atoms with van der Waals surface area (Å²) in [6.45, 7) is 5.85. The molecule has 1 atom stereocenters. The molecule has 1 saturated heterocycles. The Morgan fingerprint density at radius 2 is 1.96 bits per heavy atom. The molecule has 1 heterocycles. The smallest absolute Gasteiger partial charge is 0.417 e. The van der Waals surface area contributed by atoms with Gasteiger partial charge in [-0.25, -0.2) is 0 Å². The average Bonchev–Trinajstić information content (AvgIpc) is 3.53. The van der Waals surface area contributed by atoms with Crippen LogP contribution in [0.25, 0.3) is 0 Å². The van der Waals surface area contributed by atoms with Gasteiger partial charge in [-0.2, -0.15) is 18.4 Å². The molecule has 4 rings (SSSR count). The number of nitriles is 1. The standard InChI is InChI=1S/C36H40F3N5O3S/c1-4-6-17-42-23(3)18-32(46)43-33(41)28-21-27(13-14-30(28)47-5-2)44-34(48)25(20-31(45)35(44)15-7-8-16-35)11-9-24-10-12-26(22-40)29(19-24)36(37,38)39/h10,12-14,17-19,21,25H,4-9,11,15-16,20H2,1-3H3,(H2,41,43,46)/b23-18+,42-17?. The predicted octanol–water partition coefficient (Wildman–Crippen LogP) is 7.86. The maximum Gasteiger partial charge on any atom is 0.417 e. The Hall–Kier alpha value is -4.37. The fraction of sp³-hybridized carbons (Fsp3) is 0.444. The number of anilines is 1. The number of ether oxygens (including phenoxy) is 1. The molecule has 12 heteroatoms. The predicted molar refractivity (Wildman–Crippen MR) is 184 cm³/mol. The van der Waals surface area contributed by atoms with Gasteiger partial charge in [0.25, 0.3) is 5.91 Å². The number of ketones is 1. The molecule has 0 radical (unpaired) electrons. The topological polar surface area (TPSA) is 119 Å². The molecule has 1 spiro atoms. The molecule has 1 unspecified atom stereocenters. The second-order valence-electron chi connectivity index (χ2n) is 12.1. The van der Waals surface area contributed by atoms with Gasteiger partial charge in [-0.05, 0) is 81.8 Å². The van der Waals surface area contributed by atoms with E-state index in [1.54, 1.807) is 37.4 Å². The highest BCUT2D eigenvalue weighted by atomic mass is 32.1. The summed E-state index contributed by atoms with van der Waals surface area (Å²) in [6.07, 6.45) is 3.71. The third kappa shape index (κ3) is 8.19. The summed E-state index contributed by atoms with van der Waals surface area (Å²) in [7, 11) is 0. The van der Waals surface area contributed by atoms with Gasteiger partial charge < -0.3 is 15.0 Å². The molecule has 2 aromatic carbocycles. The summed E-state index contributed by atoms with van der Waals surface area (Å²) in [5, 5.41) is 20.5. The van der Waals surface area contributed by atoms with Gasteiger partial charge in [0, 0.05) is 36.0 Å². The molecule has 1 amide bonds. The number of benzene rings is 2. The molecule has 254 valence electrons. The monoisotopic (exact) mass is 679 g/mol. The maximum atomic E-state index is 13.9. The number of aliphatic imine (C=N–C) groups is 1. The largest absolute Gasteiger partial charge is 0.493 e. The van der Waals surface area contributed by atoms with E-state index in [1.807, 2.05) is 18.7 Å². The van der Waals surface area contributed by atoms with E-state index in [2.05, 4.69) is 10.3 Å². The van der Waals surface area contributed by atoms with Gasteiger partial charge in [-0.3, -0.25) is 20.0 Å². The number of carbonyl (C=O) groups is 2. The number of amidine groups is 1. The Kier molecular flexibility index (Phi) is 11.9. The van der Waals surface area contributed by atoms with Crippen molar-refractivity contribution < 1.29 is 27.5 Å². The Bertz CT molecular complexity index is 1670. The van der Waals surface area contributed by atoms with E-state index in [9.17, 15) is 22.8 Å². The van der Waals surface area contributed by atoms with E-state index in [1.165, 1.54) is 18.2 Å². The molecule has 1 aliphatic carbocycles. The molecule has 0 aromatic heterocycles. The Morgan fingerprint density at radius 1 is 1.23 bits per heavy atom. The summed E-state index contributed by atoms with van der Waals surface area (Å²) >= 11 is 6.06. The summed E-state index contributed by atoms with van der Waals surface area (Å²) in [5.41, 5.74) is -0.507. The van der Waals surface area contributed by atoms with Crippen molar-refractivity contribution in [1.82, 2.24) is 5.32 Å². The number of hydrogen-bond donors (Lipinski definition) is 2. The van der Waals surface area contributed by atoms with Crippen molar-refractivity contribution >= 4 is 46.6 Å². The van der Waals surface area contributed by atoms with E-state index in [0.29, 0.717) is 59.1 Å². The van der Waals surface area contributed by atoms with Crippen molar-refractivity contribution in [2.24, 2.45) is 10.9 Å². The molecule has 1 saturated carbocycles. The van der Waals surface area contributed by atoms with Crippen molar-refractivity contribution in [3.05, 3.63) is 70.4 Å². The van der Waals surface area contributed by atoms with E-state index in [0.717, 1.165) is 31.7 Å². The molecule has 2 fully saturated rings. The number of thiocarbonyl (C=S) groups is 1. The summed E-state index contributed by atoms with van der Waals surface area (Å²) in [5.74, 6) is -0.733. The zero-order valence-corrected chi connectivity index (χ0v) is 28.2. The van der Waals surface area contributed by atoms with Crippen LogP contribution >= 0.6 is 12.2 Å². The molecule has 2 aromatic rings. The van der Waals surface area contributed by atoms with Crippen LogP contribution in [0.15, 0.2) is 53.2 Å². The second-order valence-corrected chi connectivity index (χ2v) is 12.5. The van der Waals surface area contributed by atoms with Crippen LogP contribution in [-0.2, 0) is 22.2 Å². The van der Waals surface area contributed by atoms with Crippen LogP contribution in [-0.4, -0.2) is 40.9 Å². The van der Waals surface area contributed by atoms with Gasteiger partial charge in [-0.1, -0.05) is 44.5 Å². The quantitative estimate of drug-likeness (QED) is 0.108. The van der Waals surface area contributed by atoms with Crippen LogP contribution < -0.4 is 15.0 Å².